The van der Waals surface area contributed by atoms with Gasteiger partial charge >= 0.3 is 0 Å². The molecule has 1 fully saturated rings. The first-order valence-corrected chi connectivity index (χ1v) is 11.4. The molecular formula is C28H32N2O2. The van der Waals surface area contributed by atoms with E-state index in [0.717, 1.165) is 36.3 Å². The van der Waals surface area contributed by atoms with Gasteiger partial charge in [-0.05, 0) is 49.6 Å². The summed E-state index contributed by atoms with van der Waals surface area (Å²) < 4.78 is 0. The number of carbonyl (C=O) groups is 1. The van der Waals surface area contributed by atoms with Crippen molar-refractivity contribution in [3.8, 4) is 5.75 Å². The summed E-state index contributed by atoms with van der Waals surface area (Å²) in [5.41, 5.74) is 4.26. The molecule has 1 aliphatic heterocycles. The summed E-state index contributed by atoms with van der Waals surface area (Å²) in [6.45, 7) is 9.01. The number of rotatable bonds is 6. The van der Waals surface area contributed by atoms with Crippen LogP contribution in [-0.4, -0.2) is 45.9 Å². The third-order valence-electron chi connectivity index (χ3n) is 6.54. The standard InChI is InChI=1S/C28H32N2O2/c1-20-18-30(21(2)17-29(20)19-23-8-5-4-6-9-23)28(26-10-7-11-27(32)16-26)25-14-12-24(13-15-25)22(3)31/h4-16,20-21,28,32H,17-19H2,1-3H3. The van der Waals surface area contributed by atoms with E-state index < -0.39 is 0 Å². The van der Waals surface area contributed by atoms with E-state index in [2.05, 4.69) is 72.2 Å². The SMILES string of the molecule is CC(=O)c1ccc(C(c2cccc(O)c2)N2CC(C)N(Cc3ccccc3)CC2C)cc1. The van der Waals surface area contributed by atoms with Gasteiger partial charge in [0.25, 0.3) is 0 Å². The van der Waals surface area contributed by atoms with E-state index in [4.69, 9.17) is 0 Å². The van der Waals surface area contributed by atoms with Crippen LogP contribution < -0.4 is 0 Å². The zero-order valence-electron chi connectivity index (χ0n) is 19.1. The fourth-order valence-corrected chi connectivity index (χ4v) is 4.79. The molecule has 0 aliphatic carbocycles. The second-order valence-corrected chi connectivity index (χ2v) is 8.99. The van der Waals surface area contributed by atoms with Gasteiger partial charge in [0, 0.05) is 37.3 Å². The maximum Gasteiger partial charge on any atom is 0.159 e. The first-order valence-electron chi connectivity index (χ1n) is 11.4. The molecule has 0 saturated carbocycles. The van der Waals surface area contributed by atoms with Gasteiger partial charge in [-0.15, -0.1) is 0 Å². The number of ketones is 1. The quantitative estimate of drug-likeness (QED) is 0.543. The highest BCUT2D eigenvalue weighted by atomic mass is 16.3. The van der Waals surface area contributed by atoms with Crippen molar-refractivity contribution in [1.82, 2.24) is 9.80 Å². The minimum atomic E-state index is 0.0134. The molecule has 3 unspecified atom stereocenters. The summed E-state index contributed by atoms with van der Waals surface area (Å²) in [6, 6.07) is 26.9. The van der Waals surface area contributed by atoms with Crippen LogP contribution in [0.4, 0.5) is 0 Å². The van der Waals surface area contributed by atoms with E-state index in [1.54, 1.807) is 13.0 Å². The minimum absolute atomic E-state index is 0.0134. The molecule has 0 aromatic heterocycles. The molecule has 0 spiro atoms. The van der Waals surface area contributed by atoms with Gasteiger partial charge in [0.1, 0.15) is 5.75 Å². The molecule has 3 aromatic rings. The Bertz CT molecular complexity index is 1050. The van der Waals surface area contributed by atoms with Gasteiger partial charge in [0.05, 0.1) is 6.04 Å². The van der Waals surface area contributed by atoms with Crippen LogP contribution in [0.25, 0.3) is 0 Å². The molecule has 0 bridgehead atoms. The third kappa shape index (κ3) is 4.93. The summed E-state index contributed by atoms with van der Waals surface area (Å²) in [7, 11) is 0. The predicted molar refractivity (Wildman–Crippen MR) is 129 cm³/mol. The zero-order valence-corrected chi connectivity index (χ0v) is 19.1. The monoisotopic (exact) mass is 428 g/mol. The van der Waals surface area contributed by atoms with Gasteiger partial charge in [-0.25, -0.2) is 0 Å². The highest BCUT2D eigenvalue weighted by Gasteiger charge is 2.34. The minimum Gasteiger partial charge on any atom is -0.508 e. The van der Waals surface area contributed by atoms with Crippen molar-refractivity contribution in [3.63, 3.8) is 0 Å². The van der Waals surface area contributed by atoms with Crippen LogP contribution in [-0.2, 0) is 6.54 Å². The van der Waals surface area contributed by atoms with Crippen LogP contribution in [0.3, 0.4) is 0 Å². The number of piperazine rings is 1. The fourth-order valence-electron chi connectivity index (χ4n) is 4.79. The van der Waals surface area contributed by atoms with Crippen LogP contribution in [0, 0.1) is 0 Å². The zero-order chi connectivity index (χ0) is 22.7. The second-order valence-electron chi connectivity index (χ2n) is 8.99. The maximum atomic E-state index is 11.8. The number of phenolic OH excluding ortho intramolecular Hbond substituents is 1. The van der Waals surface area contributed by atoms with Crippen molar-refractivity contribution >= 4 is 5.78 Å². The van der Waals surface area contributed by atoms with Crippen molar-refractivity contribution in [2.24, 2.45) is 0 Å². The average Bonchev–Trinajstić information content (AvgIpc) is 2.78. The lowest BCUT2D eigenvalue weighted by molar-refractivity contribution is 0.0195. The van der Waals surface area contributed by atoms with Crippen LogP contribution in [0.2, 0.25) is 0 Å². The van der Waals surface area contributed by atoms with Gasteiger partial charge in [-0.2, -0.15) is 0 Å². The smallest absolute Gasteiger partial charge is 0.159 e. The molecular weight excluding hydrogens is 396 g/mol. The summed E-state index contributed by atoms with van der Waals surface area (Å²) in [6.07, 6.45) is 0. The first kappa shape index (κ1) is 22.3. The summed E-state index contributed by atoms with van der Waals surface area (Å²) >= 11 is 0. The molecule has 4 heteroatoms. The number of hydrogen-bond donors (Lipinski definition) is 1. The molecule has 1 aliphatic rings. The lowest BCUT2D eigenvalue weighted by atomic mass is 9.92. The number of carbonyl (C=O) groups excluding carboxylic acids is 1. The van der Waals surface area contributed by atoms with Crippen molar-refractivity contribution in [2.75, 3.05) is 13.1 Å². The summed E-state index contributed by atoms with van der Waals surface area (Å²) in [4.78, 5) is 16.9. The normalized spacial score (nSPS) is 20.7. The van der Waals surface area contributed by atoms with Gasteiger partial charge in [-0.3, -0.25) is 14.6 Å². The highest BCUT2D eigenvalue weighted by molar-refractivity contribution is 5.94. The summed E-state index contributed by atoms with van der Waals surface area (Å²) in [5, 5.41) is 10.2. The molecule has 4 nitrogen and oxygen atoms in total. The van der Waals surface area contributed by atoms with Crippen LogP contribution >= 0.6 is 0 Å². The van der Waals surface area contributed by atoms with Gasteiger partial charge in [-0.1, -0.05) is 66.7 Å². The number of benzene rings is 3. The topological polar surface area (TPSA) is 43.8 Å². The van der Waals surface area contributed by atoms with E-state index >= 15 is 0 Å². The largest absolute Gasteiger partial charge is 0.508 e. The number of nitrogens with zero attached hydrogens (tertiary/aromatic N) is 2. The lowest BCUT2D eigenvalue weighted by Crippen LogP contribution is -2.56. The average molecular weight is 429 g/mol. The van der Waals surface area contributed by atoms with Crippen molar-refractivity contribution < 1.29 is 9.90 Å². The van der Waals surface area contributed by atoms with Crippen molar-refractivity contribution in [1.29, 1.82) is 0 Å². The molecule has 0 radical (unpaired) electrons. The Morgan fingerprint density at radius 3 is 2.28 bits per heavy atom. The van der Waals surface area contributed by atoms with Gasteiger partial charge in [0.2, 0.25) is 0 Å². The van der Waals surface area contributed by atoms with Crippen LogP contribution in [0.5, 0.6) is 5.75 Å². The van der Waals surface area contributed by atoms with Crippen molar-refractivity contribution in [3.05, 3.63) is 101 Å². The Kier molecular flexibility index (Phi) is 6.73. The highest BCUT2D eigenvalue weighted by Crippen LogP contribution is 2.35. The molecule has 3 aromatic carbocycles. The molecule has 32 heavy (non-hydrogen) atoms. The number of Topliss-reactive ketones (excluding diaryl/α,β-unsaturated/α-hetero) is 1. The van der Waals surface area contributed by atoms with E-state index in [9.17, 15) is 9.90 Å². The Morgan fingerprint density at radius 1 is 0.906 bits per heavy atom. The third-order valence-corrected chi connectivity index (χ3v) is 6.54. The molecule has 166 valence electrons. The van der Waals surface area contributed by atoms with Crippen molar-refractivity contribution in [2.45, 2.75) is 45.4 Å². The molecule has 4 rings (SSSR count). The van der Waals surface area contributed by atoms with E-state index in [-0.39, 0.29) is 17.6 Å². The Balaban J connectivity index is 1.63. The molecule has 1 N–H and O–H groups in total. The van der Waals surface area contributed by atoms with E-state index in [1.165, 1.54) is 5.56 Å². The van der Waals surface area contributed by atoms with E-state index in [1.807, 2.05) is 24.3 Å². The predicted octanol–water partition coefficient (Wildman–Crippen LogP) is 5.28. The second kappa shape index (κ2) is 9.68. The van der Waals surface area contributed by atoms with Gasteiger partial charge in [0.15, 0.2) is 5.78 Å². The Labute approximate surface area is 191 Å². The molecule has 3 atom stereocenters. The first-order chi connectivity index (χ1) is 15.4. The number of aromatic hydroxyl groups is 1. The maximum absolute atomic E-state index is 11.8. The van der Waals surface area contributed by atoms with Crippen LogP contribution in [0.15, 0.2) is 78.9 Å². The lowest BCUT2D eigenvalue weighted by Gasteiger charge is -2.47. The molecule has 1 saturated heterocycles. The summed E-state index contributed by atoms with van der Waals surface area (Å²) in [5.74, 6) is 0.346. The van der Waals surface area contributed by atoms with Crippen LogP contribution in [0.1, 0.15) is 53.9 Å². The fraction of sp³-hybridized carbons (Fsp3) is 0.321. The Morgan fingerprint density at radius 2 is 1.62 bits per heavy atom. The number of phenols is 1. The Hall–Kier alpha value is -2.95. The van der Waals surface area contributed by atoms with E-state index in [0.29, 0.717) is 12.1 Å². The molecule has 1 heterocycles. The molecule has 0 amide bonds. The van der Waals surface area contributed by atoms with Gasteiger partial charge < -0.3 is 5.11 Å². The number of hydrogen-bond acceptors (Lipinski definition) is 4.